The lowest BCUT2D eigenvalue weighted by Gasteiger charge is -2.06. The van der Waals surface area contributed by atoms with Crippen molar-refractivity contribution < 1.29 is 4.79 Å². The maximum atomic E-state index is 11.1. The van der Waals surface area contributed by atoms with E-state index < -0.39 is 5.91 Å². The molecule has 0 fully saturated rings. The van der Waals surface area contributed by atoms with Gasteiger partial charge in [-0.1, -0.05) is 0 Å². The van der Waals surface area contributed by atoms with E-state index in [1.54, 1.807) is 35.3 Å². The van der Waals surface area contributed by atoms with Gasteiger partial charge in [0, 0.05) is 23.5 Å². The number of primary amides is 1. The SMILES string of the molecule is NC(=O)c1ccn(-c2ccnc3cc(N)ccc23)n1. The molecular formula is C13H11N5O. The summed E-state index contributed by atoms with van der Waals surface area (Å²) in [6, 6.07) is 8.85. The second-order valence-electron chi connectivity index (χ2n) is 4.12. The molecule has 6 nitrogen and oxygen atoms in total. The number of nitrogens with two attached hydrogens (primary N) is 2. The normalized spacial score (nSPS) is 10.7. The van der Waals surface area contributed by atoms with Crippen LogP contribution in [0.5, 0.6) is 0 Å². The van der Waals surface area contributed by atoms with Crippen molar-refractivity contribution in [3.8, 4) is 5.69 Å². The molecule has 4 N–H and O–H groups in total. The Bertz CT molecular complexity index is 778. The maximum absolute atomic E-state index is 11.1. The van der Waals surface area contributed by atoms with E-state index in [0.717, 1.165) is 16.6 Å². The first-order chi connectivity index (χ1) is 9.15. The van der Waals surface area contributed by atoms with Crippen molar-refractivity contribution in [1.82, 2.24) is 14.8 Å². The Morgan fingerprint density at radius 1 is 1.21 bits per heavy atom. The fourth-order valence-corrected chi connectivity index (χ4v) is 1.94. The van der Waals surface area contributed by atoms with Crippen LogP contribution in [0.4, 0.5) is 5.69 Å². The second-order valence-corrected chi connectivity index (χ2v) is 4.12. The van der Waals surface area contributed by atoms with Gasteiger partial charge in [0.25, 0.3) is 5.91 Å². The van der Waals surface area contributed by atoms with E-state index in [2.05, 4.69) is 10.1 Å². The minimum atomic E-state index is -0.554. The zero-order valence-corrected chi connectivity index (χ0v) is 9.95. The highest BCUT2D eigenvalue weighted by Crippen LogP contribution is 2.22. The molecule has 3 aromatic rings. The number of carbonyl (C=O) groups is 1. The van der Waals surface area contributed by atoms with Gasteiger partial charge < -0.3 is 11.5 Å². The molecule has 19 heavy (non-hydrogen) atoms. The van der Waals surface area contributed by atoms with Gasteiger partial charge in [0.15, 0.2) is 0 Å². The van der Waals surface area contributed by atoms with Gasteiger partial charge in [-0.05, 0) is 30.3 Å². The molecule has 0 unspecified atom stereocenters. The zero-order valence-electron chi connectivity index (χ0n) is 9.95. The Morgan fingerprint density at radius 3 is 2.79 bits per heavy atom. The van der Waals surface area contributed by atoms with Crippen LogP contribution in [0.25, 0.3) is 16.6 Å². The lowest BCUT2D eigenvalue weighted by molar-refractivity contribution is 0.0995. The van der Waals surface area contributed by atoms with Gasteiger partial charge in [0.2, 0.25) is 0 Å². The van der Waals surface area contributed by atoms with Gasteiger partial charge in [-0.3, -0.25) is 9.78 Å². The number of amides is 1. The largest absolute Gasteiger partial charge is 0.399 e. The standard InChI is InChI=1S/C13H11N5O/c14-8-1-2-9-11(7-8)16-5-3-12(9)18-6-4-10(17-18)13(15)19/h1-7H,14H2,(H2,15,19). The number of carbonyl (C=O) groups excluding carboxylic acids is 1. The Labute approximate surface area is 108 Å². The average molecular weight is 253 g/mol. The summed E-state index contributed by atoms with van der Waals surface area (Å²) in [6.07, 6.45) is 3.36. The summed E-state index contributed by atoms with van der Waals surface area (Å²) >= 11 is 0. The van der Waals surface area contributed by atoms with E-state index >= 15 is 0 Å². The van der Waals surface area contributed by atoms with E-state index in [9.17, 15) is 4.79 Å². The van der Waals surface area contributed by atoms with Crippen LogP contribution in [0.15, 0.2) is 42.7 Å². The van der Waals surface area contributed by atoms with Crippen molar-refractivity contribution >= 4 is 22.5 Å². The van der Waals surface area contributed by atoms with Crippen molar-refractivity contribution in [3.63, 3.8) is 0 Å². The minimum Gasteiger partial charge on any atom is -0.399 e. The molecular weight excluding hydrogens is 242 g/mol. The second kappa shape index (κ2) is 4.09. The van der Waals surface area contributed by atoms with Crippen molar-refractivity contribution in [3.05, 3.63) is 48.4 Å². The number of anilines is 1. The molecule has 0 aliphatic rings. The van der Waals surface area contributed by atoms with Crippen LogP contribution in [-0.2, 0) is 0 Å². The number of aromatic nitrogens is 3. The lowest BCUT2D eigenvalue weighted by Crippen LogP contribution is -2.12. The van der Waals surface area contributed by atoms with Crippen molar-refractivity contribution in [2.45, 2.75) is 0 Å². The number of rotatable bonds is 2. The molecule has 0 bridgehead atoms. The molecule has 6 heteroatoms. The monoisotopic (exact) mass is 253 g/mol. The van der Waals surface area contributed by atoms with Crippen LogP contribution in [-0.4, -0.2) is 20.7 Å². The fourth-order valence-electron chi connectivity index (χ4n) is 1.94. The molecule has 1 amide bonds. The number of benzene rings is 1. The van der Waals surface area contributed by atoms with Gasteiger partial charge in [0.1, 0.15) is 5.69 Å². The van der Waals surface area contributed by atoms with Gasteiger partial charge in [-0.2, -0.15) is 5.10 Å². The Kier molecular flexibility index (Phi) is 2.42. The maximum Gasteiger partial charge on any atom is 0.269 e. The number of nitrogens with zero attached hydrogens (tertiary/aromatic N) is 3. The van der Waals surface area contributed by atoms with Crippen LogP contribution in [0.3, 0.4) is 0 Å². The van der Waals surface area contributed by atoms with Crippen LogP contribution in [0, 0.1) is 0 Å². The molecule has 0 spiro atoms. The van der Waals surface area contributed by atoms with Crippen LogP contribution in [0.1, 0.15) is 10.5 Å². The first-order valence-corrected chi connectivity index (χ1v) is 5.65. The predicted octanol–water partition coefficient (Wildman–Crippen LogP) is 1.10. The third-order valence-electron chi connectivity index (χ3n) is 2.83. The van der Waals surface area contributed by atoms with Gasteiger partial charge in [-0.15, -0.1) is 0 Å². The summed E-state index contributed by atoms with van der Waals surface area (Å²) < 4.78 is 1.60. The highest BCUT2D eigenvalue weighted by Gasteiger charge is 2.09. The molecule has 0 radical (unpaired) electrons. The molecule has 94 valence electrons. The average Bonchev–Trinajstić information content (AvgIpc) is 2.87. The van der Waals surface area contributed by atoms with E-state index in [0.29, 0.717) is 5.69 Å². The first kappa shape index (κ1) is 11.2. The van der Waals surface area contributed by atoms with Crippen molar-refractivity contribution in [2.75, 3.05) is 5.73 Å². The topological polar surface area (TPSA) is 99.8 Å². The summed E-state index contributed by atoms with van der Waals surface area (Å²) in [5.74, 6) is -0.554. The molecule has 2 aromatic heterocycles. The molecule has 0 aliphatic heterocycles. The summed E-state index contributed by atoms with van der Waals surface area (Å²) in [6.45, 7) is 0. The Hall–Kier alpha value is -2.89. The summed E-state index contributed by atoms with van der Waals surface area (Å²) in [5.41, 5.74) is 13.4. The molecule has 2 heterocycles. The van der Waals surface area contributed by atoms with Crippen LogP contribution in [0.2, 0.25) is 0 Å². The molecule has 3 rings (SSSR count). The number of hydrogen-bond acceptors (Lipinski definition) is 4. The number of fused-ring (bicyclic) bond motifs is 1. The summed E-state index contributed by atoms with van der Waals surface area (Å²) in [4.78, 5) is 15.3. The Morgan fingerprint density at radius 2 is 2.05 bits per heavy atom. The highest BCUT2D eigenvalue weighted by molar-refractivity contribution is 5.91. The van der Waals surface area contributed by atoms with Crippen LogP contribution >= 0.6 is 0 Å². The van der Waals surface area contributed by atoms with E-state index in [1.165, 1.54) is 0 Å². The number of hydrogen-bond donors (Lipinski definition) is 2. The number of nitrogen functional groups attached to an aromatic ring is 1. The summed E-state index contributed by atoms with van der Waals surface area (Å²) in [5, 5.41) is 5.03. The van der Waals surface area contributed by atoms with Gasteiger partial charge in [0.05, 0.1) is 11.2 Å². The van der Waals surface area contributed by atoms with Gasteiger partial charge in [-0.25, -0.2) is 4.68 Å². The van der Waals surface area contributed by atoms with Crippen LogP contribution < -0.4 is 11.5 Å². The quantitative estimate of drug-likeness (QED) is 0.668. The highest BCUT2D eigenvalue weighted by atomic mass is 16.1. The molecule has 1 aromatic carbocycles. The molecule has 0 aliphatic carbocycles. The van der Waals surface area contributed by atoms with Gasteiger partial charge >= 0.3 is 0 Å². The first-order valence-electron chi connectivity index (χ1n) is 5.65. The number of pyridine rings is 1. The van der Waals surface area contributed by atoms with Crippen molar-refractivity contribution in [1.29, 1.82) is 0 Å². The fraction of sp³-hybridized carbons (Fsp3) is 0. The minimum absolute atomic E-state index is 0.223. The third-order valence-corrected chi connectivity index (χ3v) is 2.83. The van der Waals surface area contributed by atoms with Crippen molar-refractivity contribution in [2.24, 2.45) is 5.73 Å². The molecule has 0 saturated carbocycles. The zero-order chi connectivity index (χ0) is 13.4. The predicted molar refractivity (Wildman–Crippen MR) is 71.8 cm³/mol. The van der Waals surface area contributed by atoms with E-state index in [1.807, 2.05) is 12.1 Å². The van der Waals surface area contributed by atoms with E-state index in [-0.39, 0.29) is 5.69 Å². The molecule has 0 atom stereocenters. The summed E-state index contributed by atoms with van der Waals surface area (Å²) in [7, 11) is 0. The third kappa shape index (κ3) is 1.89. The Balaban J connectivity index is 2.21. The lowest BCUT2D eigenvalue weighted by atomic mass is 10.1. The van der Waals surface area contributed by atoms with E-state index in [4.69, 9.17) is 11.5 Å². The molecule has 0 saturated heterocycles. The smallest absolute Gasteiger partial charge is 0.269 e.